The molecule has 0 saturated heterocycles. The van der Waals surface area contributed by atoms with Crippen LogP contribution in [0.25, 0.3) is 0 Å². The fourth-order valence-corrected chi connectivity index (χ4v) is 5.29. The van der Waals surface area contributed by atoms with E-state index in [0.717, 1.165) is 36.8 Å². The molecule has 1 aliphatic rings. The molecule has 238 valence electrons. The van der Waals surface area contributed by atoms with E-state index in [1.807, 2.05) is 18.2 Å². The van der Waals surface area contributed by atoms with Crippen LogP contribution in [0.1, 0.15) is 69.4 Å². The lowest BCUT2D eigenvalue weighted by molar-refractivity contribution is -0.148. The Morgan fingerprint density at radius 2 is 1.66 bits per heavy atom. The Kier molecular flexibility index (Phi) is 14.3. The topological polar surface area (TPSA) is 161 Å². The Morgan fingerprint density at radius 3 is 2.32 bits per heavy atom. The van der Waals surface area contributed by atoms with E-state index in [0.29, 0.717) is 19.4 Å². The molecule has 1 aromatic carbocycles. The minimum absolute atomic E-state index is 0.145. The van der Waals surface area contributed by atoms with Gasteiger partial charge in [-0.15, -0.1) is 0 Å². The largest absolute Gasteiger partial charge is 0.465 e. The number of likely N-dealkylation sites (N-methyl/N-ethyl adjacent to an activating group) is 1. The number of hydrogen-bond donors (Lipinski definition) is 3. The average Bonchev–Trinajstić information content (AvgIpc) is 3.03. The van der Waals surface area contributed by atoms with Gasteiger partial charge in [0.2, 0.25) is 23.6 Å². The Hall–Kier alpha value is -4.28. The number of carbonyl (C=O) groups excluding carboxylic acids is 5. The molecule has 0 aliphatic heterocycles. The van der Waals surface area contributed by atoms with E-state index < -0.39 is 42.2 Å². The number of ether oxygens (including phenoxy) is 1. The number of benzene rings is 1. The highest BCUT2D eigenvalue weighted by Gasteiger charge is 2.29. The molecule has 0 unspecified atom stereocenters. The van der Waals surface area contributed by atoms with Gasteiger partial charge in [0.15, 0.2) is 0 Å². The summed E-state index contributed by atoms with van der Waals surface area (Å²) < 4.78 is 5.48. The van der Waals surface area contributed by atoms with Crippen molar-refractivity contribution in [3.8, 4) is 0 Å². The van der Waals surface area contributed by atoms with E-state index in [-0.39, 0.29) is 37.8 Å². The number of hydrogen-bond acceptors (Lipinski definition) is 7. The fraction of sp³-hybridized carbons (Fsp3) is 0.515. The second kappa shape index (κ2) is 18.4. The number of amides is 4. The van der Waals surface area contributed by atoms with Crippen LogP contribution >= 0.6 is 0 Å². The van der Waals surface area contributed by atoms with Crippen LogP contribution in [0.2, 0.25) is 0 Å². The highest BCUT2D eigenvalue weighted by molar-refractivity contribution is 5.95. The molecule has 1 aliphatic carbocycles. The molecule has 11 nitrogen and oxygen atoms in total. The van der Waals surface area contributed by atoms with Crippen molar-refractivity contribution < 1.29 is 28.7 Å². The van der Waals surface area contributed by atoms with Crippen molar-refractivity contribution in [2.24, 2.45) is 11.7 Å². The first-order valence-electron chi connectivity index (χ1n) is 15.5. The lowest BCUT2D eigenvalue weighted by atomic mass is 9.90. The molecule has 1 aromatic heterocycles. The average molecular weight is 608 g/mol. The van der Waals surface area contributed by atoms with E-state index in [2.05, 4.69) is 15.6 Å². The minimum atomic E-state index is -1.32. The Bertz CT molecular complexity index is 1220. The highest BCUT2D eigenvalue weighted by Crippen LogP contribution is 2.23. The summed E-state index contributed by atoms with van der Waals surface area (Å²) in [6.07, 6.45) is 10.0. The zero-order chi connectivity index (χ0) is 31.7. The van der Waals surface area contributed by atoms with Crippen LogP contribution < -0.4 is 16.4 Å². The maximum absolute atomic E-state index is 13.4. The Balaban J connectivity index is 1.61. The molecular weight excluding hydrogens is 562 g/mol. The number of pyridine rings is 1. The third-order valence-electron chi connectivity index (χ3n) is 7.84. The predicted octanol–water partition coefficient (Wildman–Crippen LogP) is 2.46. The van der Waals surface area contributed by atoms with Crippen molar-refractivity contribution in [3.63, 3.8) is 0 Å². The van der Waals surface area contributed by atoms with Gasteiger partial charge in [0, 0.05) is 31.8 Å². The van der Waals surface area contributed by atoms with Crippen molar-refractivity contribution in [2.45, 2.75) is 83.2 Å². The van der Waals surface area contributed by atoms with E-state index in [1.165, 1.54) is 11.3 Å². The fourth-order valence-electron chi connectivity index (χ4n) is 5.29. The number of primary amides is 1. The molecule has 1 heterocycles. The summed E-state index contributed by atoms with van der Waals surface area (Å²) in [5.41, 5.74) is 7.43. The Labute approximate surface area is 259 Å². The van der Waals surface area contributed by atoms with Gasteiger partial charge in [-0.25, -0.2) is 0 Å². The van der Waals surface area contributed by atoms with Crippen LogP contribution in [0.3, 0.4) is 0 Å². The third kappa shape index (κ3) is 12.1. The number of nitrogens with zero attached hydrogens (tertiary/aromatic N) is 2. The van der Waals surface area contributed by atoms with Crippen molar-refractivity contribution in [3.05, 3.63) is 66.0 Å². The lowest BCUT2D eigenvalue weighted by Gasteiger charge is -2.25. The van der Waals surface area contributed by atoms with Gasteiger partial charge >= 0.3 is 5.97 Å². The maximum Gasteiger partial charge on any atom is 0.308 e. The summed E-state index contributed by atoms with van der Waals surface area (Å²) in [6, 6.07) is 10.5. The zero-order valence-corrected chi connectivity index (χ0v) is 25.5. The predicted molar refractivity (Wildman–Crippen MR) is 165 cm³/mol. The van der Waals surface area contributed by atoms with Gasteiger partial charge in [-0.1, -0.05) is 49.6 Å². The number of esters is 1. The molecule has 2 atom stereocenters. The van der Waals surface area contributed by atoms with Crippen LogP contribution in [-0.2, 0) is 41.6 Å². The van der Waals surface area contributed by atoms with Crippen LogP contribution in [-0.4, -0.2) is 71.3 Å². The van der Waals surface area contributed by atoms with Crippen LogP contribution in [0, 0.1) is 5.92 Å². The summed E-state index contributed by atoms with van der Waals surface area (Å²) in [7, 11) is 0. The molecule has 4 amide bonds. The van der Waals surface area contributed by atoms with Gasteiger partial charge in [-0.2, -0.15) is 0 Å². The monoisotopic (exact) mass is 607 g/mol. The maximum atomic E-state index is 13.4. The summed E-state index contributed by atoms with van der Waals surface area (Å²) in [5.74, 6) is -2.63. The summed E-state index contributed by atoms with van der Waals surface area (Å²) in [6.45, 7) is 2.04. The minimum Gasteiger partial charge on any atom is -0.465 e. The van der Waals surface area contributed by atoms with E-state index in [1.54, 1.807) is 43.6 Å². The molecule has 1 fully saturated rings. The molecule has 3 rings (SSSR count). The standard InChI is InChI=1S/C33H45N5O6/c1-2-38(30(40)15-9-14-24-16-18-35-19-17-24)22-29(39)36-28(21-31(41)44-23-26-12-7-4-8-13-26)33(43)37-27(32(34)42)20-25-10-5-3-6-11-25/h3,5-6,10-11,16-19,26-28H,2,4,7-9,12-15,20-23H2,1H3,(H2,34,42)(H,36,39)(H,37,43)/t27-,28-/m0/s1. The quantitative estimate of drug-likeness (QED) is 0.233. The summed E-state index contributed by atoms with van der Waals surface area (Å²) in [4.78, 5) is 69.7. The van der Waals surface area contributed by atoms with Gasteiger partial charge < -0.3 is 26.0 Å². The number of aryl methyl sites for hydroxylation is 1. The van der Waals surface area contributed by atoms with Gasteiger partial charge in [-0.05, 0) is 61.8 Å². The number of carbonyl (C=O) groups is 5. The molecular formula is C33H45N5O6. The number of aromatic nitrogens is 1. The zero-order valence-electron chi connectivity index (χ0n) is 25.5. The summed E-state index contributed by atoms with van der Waals surface area (Å²) in [5, 5.41) is 5.18. The van der Waals surface area contributed by atoms with Crippen LogP contribution in [0.15, 0.2) is 54.9 Å². The molecule has 2 aromatic rings. The van der Waals surface area contributed by atoms with Gasteiger partial charge in [0.25, 0.3) is 0 Å². The van der Waals surface area contributed by atoms with Gasteiger partial charge in [-0.3, -0.25) is 29.0 Å². The van der Waals surface area contributed by atoms with Gasteiger partial charge in [0.1, 0.15) is 12.1 Å². The number of nitrogens with one attached hydrogen (secondary N) is 2. The van der Waals surface area contributed by atoms with Gasteiger partial charge in [0.05, 0.1) is 19.6 Å². The number of rotatable bonds is 17. The first-order chi connectivity index (χ1) is 21.2. The van der Waals surface area contributed by atoms with E-state index >= 15 is 0 Å². The van der Waals surface area contributed by atoms with Crippen molar-refractivity contribution >= 4 is 29.6 Å². The molecule has 4 N–H and O–H groups in total. The normalized spacial score (nSPS) is 14.6. The SMILES string of the molecule is CCN(CC(=O)N[C@@H](CC(=O)OCC1CCCCC1)C(=O)N[C@@H](Cc1ccccc1)C(N)=O)C(=O)CCCc1ccncc1. The summed E-state index contributed by atoms with van der Waals surface area (Å²) >= 11 is 0. The molecule has 44 heavy (non-hydrogen) atoms. The van der Waals surface area contributed by atoms with Crippen LogP contribution in [0.5, 0.6) is 0 Å². The van der Waals surface area contributed by atoms with Crippen LogP contribution in [0.4, 0.5) is 0 Å². The third-order valence-corrected chi connectivity index (χ3v) is 7.84. The Morgan fingerprint density at radius 1 is 0.955 bits per heavy atom. The molecule has 1 saturated carbocycles. The van der Waals surface area contributed by atoms with Crippen molar-refractivity contribution in [1.82, 2.24) is 20.5 Å². The second-order valence-electron chi connectivity index (χ2n) is 11.3. The molecule has 11 heteroatoms. The molecule has 0 spiro atoms. The molecule has 0 bridgehead atoms. The van der Waals surface area contributed by atoms with Crippen molar-refractivity contribution in [2.75, 3.05) is 19.7 Å². The number of nitrogens with two attached hydrogens (primary N) is 1. The smallest absolute Gasteiger partial charge is 0.308 e. The van der Waals surface area contributed by atoms with E-state index in [4.69, 9.17) is 10.5 Å². The highest BCUT2D eigenvalue weighted by atomic mass is 16.5. The van der Waals surface area contributed by atoms with Crippen molar-refractivity contribution in [1.29, 1.82) is 0 Å². The second-order valence-corrected chi connectivity index (χ2v) is 11.3. The first kappa shape index (κ1) is 34.2. The van der Waals surface area contributed by atoms with E-state index in [9.17, 15) is 24.0 Å². The lowest BCUT2D eigenvalue weighted by Crippen LogP contribution is -2.55. The molecule has 0 radical (unpaired) electrons. The first-order valence-corrected chi connectivity index (χ1v) is 15.5.